The number of ether oxygens (including phenoxy) is 1. The van der Waals surface area contributed by atoms with Crippen molar-refractivity contribution in [1.82, 2.24) is 9.88 Å². The van der Waals surface area contributed by atoms with Crippen LogP contribution in [-0.4, -0.2) is 52.1 Å². The maximum Gasteiger partial charge on any atom is 0.253 e. The number of amides is 1. The number of rotatable bonds is 3. The van der Waals surface area contributed by atoms with Crippen molar-refractivity contribution < 1.29 is 9.53 Å². The molecule has 1 aromatic heterocycles. The molecule has 3 heterocycles. The minimum Gasteiger partial charge on any atom is -0.378 e. The van der Waals surface area contributed by atoms with Gasteiger partial charge in [0, 0.05) is 42.6 Å². The maximum atomic E-state index is 12.7. The van der Waals surface area contributed by atoms with E-state index in [1.54, 1.807) is 6.20 Å². The molecule has 0 bridgehead atoms. The van der Waals surface area contributed by atoms with Gasteiger partial charge in [-0.15, -0.1) is 11.8 Å². The summed E-state index contributed by atoms with van der Waals surface area (Å²) in [5.41, 5.74) is 1.68. The van der Waals surface area contributed by atoms with Crippen LogP contribution in [-0.2, 0) is 4.74 Å². The minimum atomic E-state index is 0.127. The monoisotopic (exact) mass is 328 g/mol. The Kier molecular flexibility index (Phi) is 3.77. The highest BCUT2D eigenvalue weighted by Crippen LogP contribution is 2.46. The van der Waals surface area contributed by atoms with E-state index in [9.17, 15) is 4.79 Å². The first-order chi connectivity index (χ1) is 11.2. The predicted octanol–water partition coefficient (Wildman–Crippen LogP) is 2.97. The summed E-state index contributed by atoms with van der Waals surface area (Å²) in [6.45, 7) is 4.49. The molecule has 0 radical (unpaired) electrons. The third kappa shape index (κ3) is 2.72. The predicted molar refractivity (Wildman–Crippen MR) is 92.9 cm³/mol. The number of fused-ring (bicyclic) bond motifs is 1. The molecule has 0 N–H and O–H groups in total. The summed E-state index contributed by atoms with van der Waals surface area (Å²) in [6, 6.07) is 9.65. The van der Waals surface area contributed by atoms with E-state index in [1.165, 1.54) is 0 Å². The third-order valence-corrected chi connectivity index (χ3v) is 6.25. The first-order valence-electron chi connectivity index (χ1n) is 8.09. The molecule has 0 saturated carbocycles. The molecule has 1 spiro atoms. The molecule has 4 rings (SSSR count). The van der Waals surface area contributed by atoms with Gasteiger partial charge in [0.25, 0.3) is 5.91 Å². The van der Waals surface area contributed by atoms with E-state index in [0.29, 0.717) is 6.10 Å². The van der Waals surface area contributed by atoms with Crippen LogP contribution >= 0.6 is 11.8 Å². The Morgan fingerprint density at radius 2 is 2.30 bits per heavy atom. The van der Waals surface area contributed by atoms with Crippen LogP contribution in [0.5, 0.6) is 0 Å². The quantitative estimate of drug-likeness (QED) is 0.869. The van der Waals surface area contributed by atoms with Gasteiger partial charge in [0.1, 0.15) is 0 Å². The number of pyridine rings is 1. The van der Waals surface area contributed by atoms with Crippen LogP contribution in [0.15, 0.2) is 36.5 Å². The molecule has 1 unspecified atom stereocenters. The first kappa shape index (κ1) is 15.0. The lowest BCUT2D eigenvalue weighted by atomic mass is 9.92. The number of thioether (sulfide) groups is 1. The van der Waals surface area contributed by atoms with Crippen molar-refractivity contribution >= 4 is 28.6 Å². The zero-order valence-corrected chi connectivity index (χ0v) is 14.0. The number of likely N-dealkylation sites (tertiary alicyclic amines) is 1. The van der Waals surface area contributed by atoms with Gasteiger partial charge in [-0.2, -0.15) is 0 Å². The van der Waals surface area contributed by atoms with E-state index in [1.807, 2.05) is 53.9 Å². The van der Waals surface area contributed by atoms with Crippen LogP contribution in [0.2, 0.25) is 0 Å². The topological polar surface area (TPSA) is 42.4 Å². The molecule has 1 atom stereocenters. The summed E-state index contributed by atoms with van der Waals surface area (Å²) in [5, 5.41) is 1.01. The van der Waals surface area contributed by atoms with Crippen molar-refractivity contribution in [2.45, 2.75) is 24.2 Å². The largest absolute Gasteiger partial charge is 0.378 e. The second-order valence-corrected chi connectivity index (χ2v) is 7.84. The highest BCUT2D eigenvalue weighted by molar-refractivity contribution is 8.01. The molecule has 120 valence electrons. The molecular formula is C18H20N2O2S. The second kappa shape index (κ2) is 5.80. The Morgan fingerprint density at radius 3 is 3.13 bits per heavy atom. The van der Waals surface area contributed by atoms with Gasteiger partial charge in [-0.3, -0.25) is 9.78 Å². The first-order valence-corrected chi connectivity index (χ1v) is 9.07. The Bertz CT molecular complexity index is 743. The van der Waals surface area contributed by atoms with Gasteiger partial charge in [0.05, 0.1) is 16.4 Å². The number of aromatic nitrogens is 1. The lowest BCUT2D eigenvalue weighted by Gasteiger charge is -2.47. The summed E-state index contributed by atoms with van der Waals surface area (Å²) < 4.78 is 5.96. The van der Waals surface area contributed by atoms with Crippen molar-refractivity contribution in [3.8, 4) is 0 Å². The van der Waals surface area contributed by atoms with E-state index in [2.05, 4.69) is 4.98 Å². The van der Waals surface area contributed by atoms with Gasteiger partial charge in [0.2, 0.25) is 0 Å². The van der Waals surface area contributed by atoms with Crippen LogP contribution in [0.4, 0.5) is 0 Å². The molecule has 2 fully saturated rings. The molecule has 4 nitrogen and oxygen atoms in total. The molecule has 2 aliphatic heterocycles. The smallest absolute Gasteiger partial charge is 0.253 e. The summed E-state index contributed by atoms with van der Waals surface area (Å²) >= 11 is 1.97. The maximum absolute atomic E-state index is 12.7. The van der Waals surface area contributed by atoms with Crippen LogP contribution in [0.25, 0.3) is 10.9 Å². The van der Waals surface area contributed by atoms with Gasteiger partial charge in [0.15, 0.2) is 0 Å². The highest BCUT2D eigenvalue weighted by Gasteiger charge is 2.50. The van der Waals surface area contributed by atoms with Crippen molar-refractivity contribution in [1.29, 1.82) is 0 Å². The van der Waals surface area contributed by atoms with E-state index >= 15 is 0 Å². The van der Waals surface area contributed by atoms with Crippen LogP contribution in [0.1, 0.15) is 23.7 Å². The van der Waals surface area contributed by atoms with Crippen LogP contribution < -0.4 is 0 Å². The van der Waals surface area contributed by atoms with Gasteiger partial charge in [-0.1, -0.05) is 6.07 Å². The van der Waals surface area contributed by atoms with Gasteiger partial charge >= 0.3 is 0 Å². The van der Waals surface area contributed by atoms with Crippen LogP contribution in [0.3, 0.4) is 0 Å². The van der Waals surface area contributed by atoms with Gasteiger partial charge < -0.3 is 9.64 Å². The number of hydrogen-bond donors (Lipinski definition) is 0. The Labute approximate surface area is 140 Å². The minimum absolute atomic E-state index is 0.127. The number of carbonyl (C=O) groups excluding carboxylic acids is 1. The SMILES string of the molecule is CCOC1CSC2(C1)CN(C(=O)c1ccc3ncccc3c1)C2. The van der Waals surface area contributed by atoms with Crippen molar-refractivity contribution in [3.05, 3.63) is 42.1 Å². The summed E-state index contributed by atoms with van der Waals surface area (Å²) in [7, 11) is 0. The fourth-order valence-corrected chi connectivity index (χ4v) is 5.10. The van der Waals surface area contributed by atoms with Crippen LogP contribution in [0, 0.1) is 0 Å². The zero-order valence-electron chi connectivity index (χ0n) is 13.2. The lowest BCUT2D eigenvalue weighted by Crippen LogP contribution is -2.60. The molecule has 2 saturated heterocycles. The molecule has 23 heavy (non-hydrogen) atoms. The average molecular weight is 328 g/mol. The average Bonchev–Trinajstić information content (AvgIpc) is 2.97. The van der Waals surface area contributed by atoms with Crippen molar-refractivity contribution in [2.75, 3.05) is 25.4 Å². The molecule has 2 aromatic rings. The summed E-state index contributed by atoms with van der Waals surface area (Å²) in [6.07, 6.45) is 3.19. The summed E-state index contributed by atoms with van der Waals surface area (Å²) in [4.78, 5) is 18.9. The lowest BCUT2D eigenvalue weighted by molar-refractivity contribution is 0.0359. The second-order valence-electron chi connectivity index (χ2n) is 6.35. The summed E-state index contributed by atoms with van der Waals surface area (Å²) in [5.74, 6) is 1.18. The van der Waals surface area contributed by atoms with E-state index in [4.69, 9.17) is 4.74 Å². The van der Waals surface area contributed by atoms with E-state index in [0.717, 1.165) is 48.3 Å². The van der Waals surface area contributed by atoms with Gasteiger partial charge in [-0.05, 0) is 37.6 Å². The third-order valence-electron chi connectivity index (χ3n) is 4.67. The Morgan fingerprint density at radius 1 is 1.43 bits per heavy atom. The molecule has 1 amide bonds. The normalized spacial score (nSPS) is 22.5. The number of nitrogens with zero attached hydrogens (tertiary/aromatic N) is 2. The Balaban J connectivity index is 1.44. The highest BCUT2D eigenvalue weighted by atomic mass is 32.2. The fourth-order valence-electron chi connectivity index (χ4n) is 3.55. The van der Waals surface area contributed by atoms with Crippen molar-refractivity contribution in [3.63, 3.8) is 0 Å². The molecule has 5 heteroatoms. The zero-order chi connectivity index (χ0) is 15.9. The standard InChI is InChI=1S/C18H20N2O2S/c1-2-22-15-9-18(23-10-15)11-20(12-18)17(21)14-5-6-16-13(8-14)4-3-7-19-16/h3-8,15H,2,9-12H2,1H3. The number of benzene rings is 1. The van der Waals surface area contributed by atoms with E-state index < -0.39 is 0 Å². The molecular weight excluding hydrogens is 308 g/mol. The molecule has 1 aromatic carbocycles. The number of hydrogen-bond acceptors (Lipinski definition) is 4. The van der Waals surface area contributed by atoms with E-state index in [-0.39, 0.29) is 10.7 Å². The Hall–Kier alpha value is -1.59. The molecule has 0 aliphatic carbocycles. The molecule has 2 aliphatic rings. The van der Waals surface area contributed by atoms with Gasteiger partial charge in [-0.25, -0.2) is 0 Å². The fraction of sp³-hybridized carbons (Fsp3) is 0.444. The van der Waals surface area contributed by atoms with Crippen molar-refractivity contribution in [2.24, 2.45) is 0 Å². The number of carbonyl (C=O) groups is 1.